The largest absolute Gasteiger partial charge is 0.491 e. The van der Waals surface area contributed by atoms with Gasteiger partial charge in [0.15, 0.2) is 23.1 Å². The van der Waals surface area contributed by atoms with Crippen LogP contribution in [0, 0.1) is 11.6 Å². The topological polar surface area (TPSA) is 125 Å². The van der Waals surface area contributed by atoms with Gasteiger partial charge in [0.05, 0.1) is 23.4 Å². The van der Waals surface area contributed by atoms with E-state index in [1.165, 1.54) is 24.3 Å². The molecule has 1 aromatic heterocycles. The predicted octanol–water partition coefficient (Wildman–Crippen LogP) is 2.17. The summed E-state index contributed by atoms with van der Waals surface area (Å²) in [6.07, 6.45) is 0. The third-order valence-corrected chi connectivity index (χ3v) is 4.77. The maximum Gasteiger partial charge on any atom is 0.356 e. The van der Waals surface area contributed by atoms with Gasteiger partial charge in [-0.1, -0.05) is 0 Å². The number of nitrogens with zero attached hydrogens (tertiary/aromatic N) is 2. The number of halogens is 2. The standard InChI is InChI=1S/C17H13F2N3O5S/c1-27-16-12(18)6-9(7-13(16)19)15-8-14(17(23)24)21-22(15)10-2-4-11(5-3-10)28(20,25)26/h2-8H,1H3,(H,23,24)(H2,20,25,26). The number of hydrogen-bond donors (Lipinski definition) is 2. The first-order valence-corrected chi connectivity index (χ1v) is 9.16. The number of benzene rings is 2. The fraction of sp³-hybridized carbons (Fsp3) is 0.0588. The Morgan fingerprint density at radius 1 is 1.14 bits per heavy atom. The third-order valence-electron chi connectivity index (χ3n) is 3.84. The molecule has 0 bridgehead atoms. The minimum absolute atomic E-state index is 0.00585. The molecule has 3 N–H and O–H groups in total. The van der Waals surface area contributed by atoms with Crippen molar-refractivity contribution in [3.8, 4) is 22.7 Å². The molecule has 0 saturated heterocycles. The Bertz CT molecular complexity index is 1150. The number of rotatable bonds is 5. The number of carboxylic acid groups (broad SMARTS) is 1. The van der Waals surface area contributed by atoms with Crippen molar-refractivity contribution in [2.75, 3.05) is 7.11 Å². The van der Waals surface area contributed by atoms with Gasteiger partial charge in [0.1, 0.15) is 0 Å². The van der Waals surface area contributed by atoms with E-state index in [1.54, 1.807) is 0 Å². The van der Waals surface area contributed by atoms with Crippen molar-refractivity contribution in [1.29, 1.82) is 0 Å². The molecule has 0 aliphatic carbocycles. The zero-order valence-corrected chi connectivity index (χ0v) is 15.1. The average Bonchev–Trinajstić information content (AvgIpc) is 3.06. The van der Waals surface area contributed by atoms with Gasteiger partial charge in [0.2, 0.25) is 10.0 Å². The van der Waals surface area contributed by atoms with Gasteiger partial charge in [-0.05, 0) is 42.5 Å². The maximum atomic E-state index is 14.1. The first kappa shape index (κ1) is 19.5. The van der Waals surface area contributed by atoms with Crippen molar-refractivity contribution < 1.29 is 31.8 Å². The van der Waals surface area contributed by atoms with Crippen LogP contribution in [0.1, 0.15) is 10.5 Å². The Labute approximate surface area is 157 Å². The summed E-state index contributed by atoms with van der Waals surface area (Å²) in [7, 11) is -2.82. The van der Waals surface area contributed by atoms with Gasteiger partial charge < -0.3 is 9.84 Å². The van der Waals surface area contributed by atoms with Crippen LogP contribution in [-0.2, 0) is 10.0 Å². The fourth-order valence-electron chi connectivity index (χ4n) is 2.57. The second kappa shape index (κ2) is 7.02. The summed E-state index contributed by atoms with van der Waals surface area (Å²) >= 11 is 0. The van der Waals surface area contributed by atoms with Gasteiger partial charge in [0, 0.05) is 5.56 Å². The molecule has 0 atom stereocenters. The van der Waals surface area contributed by atoms with Crippen molar-refractivity contribution >= 4 is 16.0 Å². The number of nitrogens with two attached hydrogens (primary N) is 1. The molecule has 0 aliphatic rings. The molecular formula is C17H13F2N3O5S. The van der Waals surface area contributed by atoms with Gasteiger partial charge >= 0.3 is 5.97 Å². The molecule has 0 saturated carbocycles. The van der Waals surface area contributed by atoms with Crippen LogP contribution in [0.15, 0.2) is 47.4 Å². The normalized spacial score (nSPS) is 11.4. The number of hydrogen-bond acceptors (Lipinski definition) is 5. The highest BCUT2D eigenvalue weighted by Gasteiger charge is 2.20. The quantitative estimate of drug-likeness (QED) is 0.665. The second-order valence-electron chi connectivity index (χ2n) is 5.64. The van der Waals surface area contributed by atoms with Crippen LogP contribution in [0.2, 0.25) is 0 Å². The first-order valence-electron chi connectivity index (χ1n) is 7.62. The summed E-state index contributed by atoms with van der Waals surface area (Å²) in [6.45, 7) is 0. The zero-order valence-electron chi connectivity index (χ0n) is 14.3. The summed E-state index contributed by atoms with van der Waals surface area (Å²) in [4.78, 5) is 11.1. The molecular weight excluding hydrogens is 396 g/mol. The van der Waals surface area contributed by atoms with E-state index in [9.17, 15) is 27.1 Å². The predicted molar refractivity (Wildman–Crippen MR) is 93.8 cm³/mol. The Hall–Kier alpha value is -3.31. The van der Waals surface area contributed by atoms with Crippen LogP contribution in [0.3, 0.4) is 0 Å². The Kier molecular flexibility index (Phi) is 4.87. The smallest absolute Gasteiger partial charge is 0.356 e. The van der Waals surface area contributed by atoms with Gasteiger partial charge in [0.25, 0.3) is 0 Å². The summed E-state index contributed by atoms with van der Waals surface area (Å²) in [5.74, 6) is -3.89. The molecule has 1 heterocycles. The molecule has 0 fully saturated rings. The molecule has 0 amide bonds. The molecule has 0 aliphatic heterocycles. The number of carbonyl (C=O) groups is 1. The summed E-state index contributed by atoms with van der Waals surface area (Å²) in [5, 5.41) is 18.2. The molecule has 3 rings (SSSR count). The molecule has 28 heavy (non-hydrogen) atoms. The highest BCUT2D eigenvalue weighted by molar-refractivity contribution is 7.89. The van der Waals surface area contributed by atoms with Crippen LogP contribution in [0.4, 0.5) is 8.78 Å². The van der Waals surface area contributed by atoms with E-state index in [0.29, 0.717) is 0 Å². The van der Waals surface area contributed by atoms with Gasteiger partial charge in [-0.3, -0.25) is 0 Å². The lowest BCUT2D eigenvalue weighted by atomic mass is 10.1. The van der Waals surface area contributed by atoms with E-state index in [2.05, 4.69) is 9.84 Å². The molecule has 2 aromatic carbocycles. The second-order valence-corrected chi connectivity index (χ2v) is 7.21. The molecule has 146 valence electrons. The van der Waals surface area contributed by atoms with Crippen LogP contribution >= 0.6 is 0 Å². The number of aromatic nitrogens is 2. The summed E-state index contributed by atoms with van der Waals surface area (Å²) < 4.78 is 56.7. The van der Waals surface area contributed by atoms with E-state index >= 15 is 0 Å². The van der Waals surface area contributed by atoms with E-state index in [0.717, 1.165) is 30.0 Å². The molecule has 3 aromatic rings. The van der Waals surface area contributed by atoms with E-state index in [1.807, 2.05) is 0 Å². The van der Waals surface area contributed by atoms with Gasteiger partial charge in [-0.15, -0.1) is 0 Å². The lowest BCUT2D eigenvalue weighted by Gasteiger charge is -2.10. The van der Waals surface area contributed by atoms with Gasteiger partial charge in [-0.25, -0.2) is 31.8 Å². The lowest BCUT2D eigenvalue weighted by molar-refractivity contribution is 0.0690. The Morgan fingerprint density at radius 3 is 2.18 bits per heavy atom. The monoisotopic (exact) mass is 409 g/mol. The van der Waals surface area contributed by atoms with E-state index < -0.39 is 33.4 Å². The third kappa shape index (κ3) is 3.57. The number of primary sulfonamides is 1. The maximum absolute atomic E-state index is 14.1. The first-order chi connectivity index (χ1) is 13.1. The Morgan fingerprint density at radius 2 is 1.71 bits per heavy atom. The van der Waals surface area contributed by atoms with Crippen LogP contribution < -0.4 is 9.88 Å². The van der Waals surface area contributed by atoms with Crippen molar-refractivity contribution in [3.05, 3.63) is 59.8 Å². The average molecular weight is 409 g/mol. The minimum Gasteiger partial charge on any atom is -0.491 e. The highest BCUT2D eigenvalue weighted by atomic mass is 32.2. The van der Waals surface area contributed by atoms with Crippen LogP contribution in [-0.4, -0.2) is 36.4 Å². The molecule has 0 unspecified atom stereocenters. The van der Waals surface area contributed by atoms with Crippen molar-refractivity contribution in [2.45, 2.75) is 4.90 Å². The SMILES string of the molecule is COc1c(F)cc(-c2cc(C(=O)O)nn2-c2ccc(S(N)(=O)=O)cc2)cc1F. The zero-order chi connectivity index (χ0) is 20.6. The number of carboxylic acids is 1. The Balaban J connectivity index is 2.19. The van der Waals surface area contributed by atoms with Gasteiger partial charge in [-0.2, -0.15) is 5.10 Å². The summed E-state index contributed by atoms with van der Waals surface area (Å²) in [5.41, 5.74) is -0.0405. The number of methoxy groups -OCH3 is 1. The van der Waals surface area contributed by atoms with Crippen molar-refractivity contribution in [3.63, 3.8) is 0 Å². The van der Waals surface area contributed by atoms with Crippen LogP contribution in [0.25, 0.3) is 16.9 Å². The minimum atomic E-state index is -3.93. The number of sulfonamides is 1. The van der Waals surface area contributed by atoms with Crippen molar-refractivity contribution in [2.24, 2.45) is 5.14 Å². The number of ether oxygens (including phenoxy) is 1. The lowest BCUT2D eigenvalue weighted by Crippen LogP contribution is -2.12. The van der Waals surface area contributed by atoms with E-state index in [-0.39, 0.29) is 27.5 Å². The fourth-order valence-corrected chi connectivity index (χ4v) is 3.08. The molecule has 0 radical (unpaired) electrons. The van der Waals surface area contributed by atoms with Crippen molar-refractivity contribution in [1.82, 2.24) is 9.78 Å². The molecule has 0 spiro atoms. The molecule has 11 heteroatoms. The highest BCUT2D eigenvalue weighted by Crippen LogP contribution is 2.31. The van der Waals surface area contributed by atoms with Crippen LogP contribution in [0.5, 0.6) is 5.75 Å². The van der Waals surface area contributed by atoms with E-state index in [4.69, 9.17) is 5.14 Å². The summed E-state index contributed by atoms with van der Waals surface area (Å²) in [6, 6.07) is 8.14. The number of aromatic carboxylic acids is 1. The molecule has 8 nitrogen and oxygen atoms in total.